The molecular weight excluding hydrogens is 578 g/mol. The molecule has 6 rings (SSSR count). The Labute approximate surface area is 264 Å². The van der Waals surface area contributed by atoms with E-state index in [-0.39, 0.29) is 16.7 Å². The molecule has 0 aliphatic carbocycles. The third-order valence-corrected chi connectivity index (χ3v) is 7.77. The van der Waals surface area contributed by atoms with Gasteiger partial charge in [0.2, 0.25) is 0 Å². The van der Waals surface area contributed by atoms with Crippen LogP contribution in [0.1, 0.15) is 31.1 Å². The zero-order chi connectivity index (χ0) is 32.2. The fraction of sp³-hybridized carbons (Fsp3) is 0. The van der Waals surface area contributed by atoms with E-state index in [1.165, 1.54) is 0 Å². The molecule has 46 heavy (non-hydrogen) atoms. The summed E-state index contributed by atoms with van der Waals surface area (Å²) in [4.78, 5) is 35.9. The number of carboxylic acid groups (broad SMARTS) is 3. The van der Waals surface area contributed by atoms with Crippen molar-refractivity contribution in [3.8, 4) is 33.4 Å². The lowest BCUT2D eigenvalue weighted by Crippen LogP contribution is -2.09. The molecule has 0 aliphatic heterocycles. The Hall–Kier alpha value is -6.47. The first-order valence-electron chi connectivity index (χ1n) is 14.4. The van der Waals surface area contributed by atoms with Gasteiger partial charge in [-0.25, -0.2) is 14.4 Å². The van der Waals surface area contributed by atoms with Gasteiger partial charge in [0.05, 0.1) is 16.7 Å². The molecule has 0 aliphatic rings. The standard InChI is InChI=1S/C39H27NO6/c41-37(42)31-7-1-25(2-8-31)28-13-19-34(20-14-28)40(35-21-15-29(16-22-35)26-3-9-32(10-4-26)38(43)44)36-23-17-30(18-24-36)27-5-11-33(12-6-27)39(45)46/h1-24H,(H,41,42)(H,43,44)(H,45,46). The van der Waals surface area contributed by atoms with Gasteiger partial charge in [0.1, 0.15) is 0 Å². The third kappa shape index (κ3) is 6.25. The highest BCUT2D eigenvalue weighted by Crippen LogP contribution is 2.37. The Bertz CT molecular complexity index is 1770. The molecule has 0 atom stereocenters. The summed E-state index contributed by atoms with van der Waals surface area (Å²) in [5.41, 5.74) is 8.95. The lowest BCUT2D eigenvalue weighted by Gasteiger charge is -2.26. The van der Waals surface area contributed by atoms with Gasteiger partial charge in [-0.1, -0.05) is 72.8 Å². The molecule has 0 saturated heterocycles. The maximum absolute atomic E-state index is 11.3. The molecular formula is C39H27NO6. The van der Waals surface area contributed by atoms with E-state index in [1.54, 1.807) is 72.8 Å². The fourth-order valence-corrected chi connectivity index (χ4v) is 5.27. The summed E-state index contributed by atoms with van der Waals surface area (Å²) >= 11 is 0. The van der Waals surface area contributed by atoms with Crippen LogP contribution in [0.25, 0.3) is 33.4 Å². The molecule has 0 radical (unpaired) electrons. The Morgan fingerprint density at radius 3 is 0.652 bits per heavy atom. The van der Waals surface area contributed by atoms with Crippen molar-refractivity contribution in [1.82, 2.24) is 0 Å². The lowest BCUT2D eigenvalue weighted by atomic mass is 10.0. The number of hydrogen-bond donors (Lipinski definition) is 3. The van der Waals surface area contributed by atoms with E-state index in [1.807, 2.05) is 72.8 Å². The molecule has 0 unspecified atom stereocenters. The van der Waals surface area contributed by atoms with Gasteiger partial charge in [0.15, 0.2) is 0 Å². The van der Waals surface area contributed by atoms with E-state index < -0.39 is 17.9 Å². The monoisotopic (exact) mass is 605 g/mol. The normalized spacial score (nSPS) is 10.7. The van der Waals surface area contributed by atoms with Gasteiger partial charge in [-0.05, 0) is 106 Å². The number of aromatic carboxylic acids is 3. The molecule has 0 aromatic heterocycles. The van der Waals surface area contributed by atoms with Crippen LogP contribution in [0.2, 0.25) is 0 Å². The Morgan fingerprint density at radius 2 is 0.478 bits per heavy atom. The summed E-state index contributed by atoms with van der Waals surface area (Å²) in [6, 6.07) is 44.3. The number of rotatable bonds is 9. The topological polar surface area (TPSA) is 115 Å². The molecule has 0 fully saturated rings. The van der Waals surface area contributed by atoms with Gasteiger partial charge < -0.3 is 20.2 Å². The van der Waals surface area contributed by atoms with E-state index >= 15 is 0 Å². The summed E-state index contributed by atoms with van der Waals surface area (Å²) in [6.45, 7) is 0. The molecule has 6 aromatic rings. The second-order valence-corrected chi connectivity index (χ2v) is 10.6. The van der Waals surface area contributed by atoms with Crippen molar-refractivity contribution in [2.24, 2.45) is 0 Å². The Morgan fingerprint density at radius 1 is 0.304 bits per heavy atom. The molecule has 0 heterocycles. The smallest absolute Gasteiger partial charge is 0.335 e. The zero-order valence-electron chi connectivity index (χ0n) is 24.4. The predicted molar refractivity (Wildman–Crippen MR) is 178 cm³/mol. The van der Waals surface area contributed by atoms with Crippen LogP contribution < -0.4 is 4.90 Å². The number of hydrogen-bond acceptors (Lipinski definition) is 4. The van der Waals surface area contributed by atoms with Crippen LogP contribution in [-0.4, -0.2) is 33.2 Å². The van der Waals surface area contributed by atoms with Crippen LogP contribution in [-0.2, 0) is 0 Å². The minimum Gasteiger partial charge on any atom is -0.478 e. The van der Waals surface area contributed by atoms with Crippen molar-refractivity contribution in [3.63, 3.8) is 0 Å². The van der Waals surface area contributed by atoms with Crippen molar-refractivity contribution >= 4 is 35.0 Å². The first-order chi connectivity index (χ1) is 22.3. The number of benzene rings is 6. The van der Waals surface area contributed by atoms with Crippen molar-refractivity contribution in [2.45, 2.75) is 0 Å². The molecule has 0 amide bonds. The number of carboxylic acids is 3. The van der Waals surface area contributed by atoms with Crippen LogP contribution in [0.5, 0.6) is 0 Å². The van der Waals surface area contributed by atoms with Crippen molar-refractivity contribution in [2.75, 3.05) is 4.90 Å². The number of anilines is 3. The molecule has 7 heteroatoms. The molecule has 3 N–H and O–H groups in total. The lowest BCUT2D eigenvalue weighted by molar-refractivity contribution is 0.0686. The van der Waals surface area contributed by atoms with E-state index in [9.17, 15) is 29.7 Å². The van der Waals surface area contributed by atoms with E-state index in [0.29, 0.717) is 0 Å². The minimum atomic E-state index is -0.968. The Kier molecular flexibility index (Phi) is 8.13. The molecule has 0 saturated carbocycles. The second-order valence-electron chi connectivity index (χ2n) is 10.6. The summed E-state index contributed by atoms with van der Waals surface area (Å²) in [7, 11) is 0. The van der Waals surface area contributed by atoms with Gasteiger partial charge in [-0.3, -0.25) is 0 Å². The van der Waals surface area contributed by atoms with Gasteiger partial charge in [0, 0.05) is 17.1 Å². The van der Waals surface area contributed by atoms with Crippen molar-refractivity contribution < 1.29 is 29.7 Å². The highest BCUT2D eigenvalue weighted by molar-refractivity contribution is 5.90. The van der Waals surface area contributed by atoms with E-state index in [2.05, 4.69) is 4.90 Å². The highest BCUT2D eigenvalue weighted by Gasteiger charge is 2.14. The molecule has 6 aromatic carbocycles. The van der Waals surface area contributed by atoms with Crippen LogP contribution in [0.4, 0.5) is 17.1 Å². The van der Waals surface area contributed by atoms with Crippen LogP contribution in [0, 0.1) is 0 Å². The first kappa shape index (κ1) is 29.6. The van der Waals surface area contributed by atoms with Crippen LogP contribution >= 0.6 is 0 Å². The maximum Gasteiger partial charge on any atom is 0.335 e. The summed E-state index contributed by atoms with van der Waals surface area (Å²) < 4.78 is 0. The summed E-state index contributed by atoms with van der Waals surface area (Å²) in [6.07, 6.45) is 0. The van der Waals surface area contributed by atoms with Crippen molar-refractivity contribution in [1.29, 1.82) is 0 Å². The molecule has 0 bridgehead atoms. The summed E-state index contributed by atoms with van der Waals surface area (Å²) in [5, 5.41) is 27.7. The van der Waals surface area contributed by atoms with Crippen molar-refractivity contribution in [3.05, 3.63) is 162 Å². The van der Waals surface area contributed by atoms with Crippen LogP contribution in [0.15, 0.2) is 146 Å². The average molecular weight is 606 g/mol. The summed E-state index contributed by atoms with van der Waals surface area (Å²) in [5.74, 6) is -2.91. The Balaban J connectivity index is 1.34. The SMILES string of the molecule is O=C(O)c1ccc(-c2ccc(N(c3ccc(-c4ccc(C(=O)O)cc4)cc3)c3ccc(-c4ccc(C(=O)O)cc4)cc3)cc2)cc1. The van der Waals surface area contributed by atoms with Gasteiger partial charge in [0.25, 0.3) is 0 Å². The maximum atomic E-state index is 11.3. The quantitative estimate of drug-likeness (QED) is 0.150. The third-order valence-electron chi connectivity index (χ3n) is 7.77. The number of nitrogens with zero attached hydrogens (tertiary/aromatic N) is 1. The average Bonchev–Trinajstić information content (AvgIpc) is 3.09. The predicted octanol–water partition coefficient (Wildman–Crippen LogP) is 9.25. The fourth-order valence-electron chi connectivity index (χ4n) is 5.27. The van der Waals surface area contributed by atoms with Gasteiger partial charge in [-0.15, -0.1) is 0 Å². The molecule has 7 nitrogen and oxygen atoms in total. The van der Waals surface area contributed by atoms with E-state index in [0.717, 1.165) is 50.4 Å². The van der Waals surface area contributed by atoms with Gasteiger partial charge in [-0.2, -0.15) is 0 Å². The van der Waals surface area contributed by atoms with Crippen LogP contribution in [0.3, 0.4) is 0 Å². The first-order valence-corrected chi connectivity index (χ1v) is 14.4. The highest BCUT2D eigenvalue weighted by atomic mass is 16.4. The van der Waals surface area contributed by atoms with Gasteiger partial charge >= 0.3 is 17.9 Å². The molecule has 224 valence electrons. The van der Waals surface area contributed by atoms with E-state index in [4.69, 9.17) is 0 Å². The minimum absolute atomic E-state index is 0.231. The number of carbonyl (C=O) groups is 3. The second kappa shape index (κ2) is 12.6. The zero-order valence-corrected chi connectivity index (χ0v) is 24.4. The largest absolute Gasteiger partial charge is 0.478 e. The molecule has 0 spiro atoms.